The van der Waals surface area contributed by atoms with Gasteiger partial charge in [-0.1, -0.05) is 36.4 Å². The molecule has 0 amide bonds. The minimum atomic E-state index is -4.32. The third-order valence-corrected chi connectivity index (χ3v) is 7.15. The first-order valence-corrected chi connectivity index (χ1v) is 12.8. The molecule has 1 aromatic heterocycles. The topological polar surface area (TPSA) is 82.7 Å². The molecule has 0 radical (unpaired) electrons. The van der Waals surface area contributed by atoms with Crippen LogP contribution >= 0.6 is 0 Å². The summed E-state index contributed by atoms with van der Waals surface area (Å²) in [5, 5.41) is 10.9. The van der Waals surface area contributed by atoms with E-state index in [0.29, 0.717) is 12.5 Å². The number of aromatic nitrogens is 2. The molecule has 39 heavy (non-hydrogen) atoms. The Morgan fingerprint density at radius 3 is 2.46 bits per heavy atom. The number of halogens is 3. The fourth-order valence-corrected chi connectivity index (χ4v) is 5.00. The molecule has 0 N–H and O–H groups in total. The summed E-state index contributed by atoms with van der Waals surface area (Å²) >= 11 is 0. The van der Waals surface area contributed by atoms with E-state index >= 15 is 0 Å². The van der Waals surface area contributed by atoms with Crippen LogP contribution in [0.5, 0.6) is 11.8 Å². The van der Waals surface area contributed by atoms with Crippen molar-refractivity contribution >= 4 is 11.9 Å². The lowest BCUT2D eigenvalue weighted by Crippen LogP contribution is -2.38. The maximum absolute atomic E-state index is 12.7. The van der Waals surface area contributed by atoms with Crippen molar-refractivity contribution in [3.8, 4) is 11.8 Å². The van der Waals surface area contributed by atoms with E-state index in [1.54, 1.807) is 4.57 Å². The molecule has 1 unspecified atom stereocenters. The van der Waals surface area contributed by atoms with E-state index < -0.39 is 22.3 Å². The van der Waals surface area contributed by atoms with E-state index in [1.807, 2.05) is 31.2 Å². The molecule has 3 aromatic rings. The molecule has 206 valence electrons. The maximum Gasteiger partial charge on any atom is 0.416 e. The average Bonchev–Trinajstić information content (AvgIpc) is 3.44. The van der Waals surface area contributed by atoms with Crippen molar-refractivity contribution in [3.05, 3.63) is 87.6 Å². The van der Waals surface area contributed by atoms with Gasteiger partial charge in [0.05, 0.1) is 12.1 Å². The third kappa shape index (κ3) is 6.42. The van der Waals surface area contributed by atoms with Crippen LogP contribution in [-0.2, 0) is 12.7 Å². The number of likely N-dealkylation sites (tertiary alicyclic amines) is 1. The largest absolute Gasteiger partial charge is 0.489 e. The molecule has 1 atom stereocenters. The Balaban J connectivity index is 1.05. The first-order valence-electron chi connectivity index (χ1n) is 12.8. The number of fused-ring (bicyclic) bond motifs is 1. The van der Waals surface area contributed by atoms with Crippen LogP contribution in [0.3, 0.4) is 0 Å². The third-order valence-electron chi connectivity index (χ3n) is 7.15. The summed E-state index contributed by atoms with van der Waals surface area (Å²) in [4.78, 5) is 16.6. The molecule has 0 aliphatic carbocycles. The Labute approximate surface area is 223 Å². The van der Waals surface area contributed by atoms with Gasteiger partial charge in [0.25, 0.3) is 0 Å². The smallest absolute Gasteiger partial charge is 0.416 e. The van der Waals surface area contributed by atoms with Gasteiger partial charge in [0.15, 0.2) is 5.60 Å². The lowest BCUT2D eigenvalue weighted by atomic mass is 9.89. The number of piperidine rings is 1. The van der Waals surface area contributed by atoms with Crippen LogP contribution in [0.4, 0.5) is 19.0 Å². The summed E-state index contributed by atoms with van der Waals surface area (Å²) in [5.74, 6) is 0.951. The molecule has 2 aromatic carbocycles. The molecular formula is C28H29F3N4O4. The van der Waals surface area contributed by atoms with Crippen LogP contribution in [0.1, 0.15) is 42.4 Å². The Hall–Kier alpha value is -3.86. The first kappa shape index (κ1) is 26.7. The normalized spacial score (nSPS) is 20.2. The van der Waals surface area contributed by atoms with E-state index in [-0.39, 0.29) is 18.4 Å². The maximum atomic E-state index is 12.7. The lowest BCUT2D eigenvalue weighted by Gasteiger charge is -2.31. The zero-order valence-corrected chi connectivity index (χ0v) is 21.4. The highest BCUT2D eigenvalue weighted by molar-refractivity contribution is 5.50. The number of nitro groups is 1. The molecule has 5 rings (SSSR count). The Morgan fingerprint density at radius 1 is 1.15 bits per heavy atom. The highest BCUT2D eigenvalue weighted by atomic mass is 19.4. The highest BCUT2D eigenvalue weighted by Gasteiger charge is 2.41. The van der Waals surface area contributed by atoms with Gasteiger partial charge < -0.3 is 19.6 Å². The van der Waals surface area contributed by atoms with Crippen LogP contribution in [0, 0.1) is 10.1 Å². The van der Waals surface area contributed by atoms with E-state index in [0.717, 1.165) is 55.9 Å². The Kier molecular flexibility index (Phi) is 7.35. The summed E-state index contributed by atoms with van der Waals surface area (Å²) in [5.41, 5.74) is 0.716. The lowest BCUT2D eigenvalue weighted by molar-refractivity contribution is -0.389. The average molecular weight is 543 g/mol. The van der Waals surface area contributed by atoms with Crippen molar-refractivity contribution in [1.82, 2.24) is 14.5 Å². The fraction of sp³-hybridized carbons (Fsp3) is 0.393. The molecule has 0 spiro atoms. The van der Waals surface area contributed by atoms with Crippen molar-refractivity contribution in [2.24, 2.45) is 0 Å². The standard InChI is InChI=1S/C28H29F3N4O4/c1-27(18-34-17-25(35(36)37)32-26(34)39-27)19-38-24-10-6-21(7-11-24)22-12-15-33(16-13-22)14-2-3-20-4-8-23(9-5-20)28(29,30)31/h2-11,17,22H,12-16,18-19H2,1H3. The first-order chi connectivity index (χ1) is 18.6. The van der Waals surface area contributed by atoms with Gasteiger partial charge in [-0.25, -0.2) is 0 Å². The van der Waals surface area contributed by atoms with Gasteiger partial charge >= 0.3 is 18.0 Å². The SMILES string of the molecule is CC1(COc2ccc(C3CCN(CC=Cc4ccc(C(F)(F)F)cc4)CC3)cc2)Cn2cc([N+](=O)[O-])nc2O1. The predicted octanol–water partition coefficient (Wildman–Crippen LogP) is 5.93. The molecule has 3 heterocycles. The number of hydrogen-bond acceptors (Lipinski definition) is 6. The number of imidazole rings is 1. The van der Waals surface area contributed by atoms with Crippen LogP contribution in [0.2, 0.25) is 0 Å². The number of hydrogen-bond donors (Lipinski definition) is 0. The molecule has 0 bridgehead atoms. The minimum absolute atomic E-state index is 0.226. The van der Waals surface area contributed by atoms with Gasteiger partial charge in [0.1, 0.15) is 18.6 Å². The molecule has 0 saturated carbocycles. The van der Waals surface area contributed by atoms with Gasteiger partial charge in [0, 0.05) is 11.5 Å². The monoisotopic (exact) mass is 542 g/mol. The van der Waals surface area contributed by atoms with Gasteiger partial charge in [0.2, 0.25) is 0 Å². The summed E-state index contributed by atoms with van der Waals surface area (Å²) in [6.07, 6.45) is 2.97. The number of benzene rings is 2. The Morgan fingerprint density at radius 2 is 1.85 bits per heavy atom. The van der Waals surface area contributed by atoms with Gasteiger partial charge in [-0.05, 0) is 79.1 Å². The van der Waals surface area contributed by atoms with Crippen molar-refractivity contribution < 1.29 is 27.6 Å². The van der Waals surface area contributed by atoms with Crippen LogP contribution in [0.15, 0.2) is 60.8 Å². The van der Waals surface area contributed by atoms with Crippen LogP contribution in [0.25, 0.3) is 6.08 Å². The summed E-state index contributed by atoms with van der Waals surface area (Å²) in [7, 11) is 0. The second-order valence-electron chi connectivity index (χ2n) is 10.3. The highest BCUT2D eigenvalue weighted by Crippen LogP contribution is 2.33. The minimum Gasteiger partial charge on any atom is -0.489 e. The van der Waals surface area contributed by atoms with Gasteiger partial charge in [-0.15, -0.1) is 0 Å². The van der Waals surface area contributed by atoms with Crippen molar-refractivity contribution in [3.63, 3.8) is 0 Å². The van der Waals surface area contributed by atoms with Gasteiger partial charge in [-0.2, -0.15) is 13.2 Å². The fourth-order valence-electron chi connectivity index (χ4n) is 5.00. The van der Waals surface area contributed by atoms with Crippen molar-refractivity contribution in [2.75, 3.05) is 26.2 Å². The zero-order chi connectivity index (χ0) is 27.6. The summed E-state index contributed by atoms with van der Waals surface area (Å²) in [6.45, 7) is 5.23. The second kappa shape index (κ2) is 10.7. The summed E-state index contributed by atoms with van der Waals surface area (Å²) in [6, 6.07) is 13.5. The number of nitrogens with zero attached hydrogens (tertiary/aromatic N) is 4. The van der Waals surface area contributed by atoms with Crippen molar-refractivity contribution in [1.29, 1.82) is 0 Å². The molecule has 1 fully saturated rings. The molecule has 1 saturated heterocycles. The molecule has 2 aliphatic heterocycles. The number of rotatable bonds is 8. The zero-order valence-electron chi connectivity index (χ0n) is 21.4. The molecular weight excluding hydrogens is 513 g/mol. The quantitative estimate of drug-likeness (QED) is 0.259. The molecule has 2 aliphatic rings. The van der Waals surface area contributed by atoms with Crippen LogP contribution < -0.4 is 9.47 Å². The number of ether oxygens (including phenoxy) is 2. The van der Waals surface area contributed by atoms with Gasteiger partial charge in [-0.3, -0.25) is 9.47 Å². The molecule has 11 heteroatoms. The summed E-state index contributed by atoms with van der Waals surface area (Å²) < 4.78 is 51.5. The molecule has 8 nitrogen and oxygen atoms in total. The van der Waals surface area contributed by atoms with E-state index in [2.05, 4.69) is 22.0 Å². The van der Waals surface area contributed by atoms with Crippen LogP contribution in [-0.4, -0.2) is 51.2 Å². The van der Waals surface area contributed by atoms with E-state index in [9.17, 15) is 23.3 Å². The second-order valence-corrected chi connectivity index (χ2v) is 10.3. The number of alkyl halides is 3. The van der Waals surface area contributed by atoms with Crippen molar-refractivity contribution in [2.45, 2.75) is 44.0 Å². The van der Waals surface area contributed by atoms with E-state index in [4.69, 9.17) is 9.47 Å². The Bertz CT molecular complexity index is 1300. The predicted molar refractivity (Wildman–Crippen MR) is 139 cm³/mol. The van der Waals surface area contributed by atoms with E-state index in [1.165, 1.54) is 23.9 Å².